The zero-order valence-corrected chi connectivity index (χ0v) is 32.0. The molecule has 9 aromatic rings. The third kappa shape index (κ3) is 4.38. The van der Waals surface area contributed by atoms with Gasteiger partial charge < -0.3 is 4.57 Å². The minimum Gasteiger partial charge on any atom is -0.309 e. The largest absolute Gasteiger partial charge is 0.309 e. The van der Waals surface area contributed by atoms with Gasteiger partial charge in [-0.2, -0.15) is 0 Å². The first-order valence-electron chi connectivity index (χ1n) is 17.9. The van der Waals surface area contributed by atoms with Gasteiger partial charge in [-0.15, -0.1) is 0 Å². The van der Waals surface area contributed by atoms with Crippen molar-refractivity contribution in [2.45, 2.75) is 0 Å². The molecule has 0 amide bonds. The van der Waals surface area contributed by atoms with Crippen LogP contribution in [0.25, 0.3) is 27.5 Å². The van der Waals surface area contributed by atoms with Crippen LogP contribution >= 0.6 is 15.9 Å². The van der Waals surface area contributed by atoms with E-state index in [1.807, 2.05) is 0 Å². The Morgan fingerprint density at radius 1 is 0.327 bits per heavy atom. The summed E-state index contributed by atoms with van der Waals surface area (Å²) < 4.78 is 3.57. The van der Waals surface area contributed by atoms with E-state index in [1.54, 1.807) is 0 Å². The molecule has 0 aliphatic carbocycles. The second-order valence-corrected chi connectivity index (χ2v) is 22.1. The van der Waals surface area contributed by atoms with Crippen LogP contribution in [-0.4, -0.2) is 20.7 Å². The Labute approximate surface area is 314 Å². The summed E-state index contributed by atoms with van der Waals surface area (Å²) in [4.78, 5) is 0. The zero-order valence-electron chi connectivity index (χ0n) is 28.5. The summed E-state index contributed by atoms with van der Waals surface area (Å²) in [5.74, 6) is 0. The number of hydrogen-bond acceptors (Lipinski definition) is 0. The van der Waals surface area contributed by atoms with E-state index in [4.69, 9.17) is 0 Å². The second kappa shape index (κ2) is 12.3. The Morgan fingerprint density at radius 2 is 0.712 bits per heavy atom. The first kappa shape index (κ1) is 31.2. The van der Waals surface area contributed by atoms with E-state index in [9.17, 15) is 0 Å². The Hall–Kier alpha value is -5.53. The summed E-state index contributed by atoms with van der Waals surface area (Å²) in [5, 5.41) is 14.1. The van der Waals surface area contributed by atoms with Crippen LogP contribution in [0.1, 0.15) is 0 Å². The van der Waals surface area contributed by atoms with Crippen LogP contribution in [0.3, 0.4) is 0 Å². The number of rotatable bonds is 5. The number of benzene rings is 8. The predicted molar refractivity (Wildman–Crippen MR) is 229 cm³/mol. The molecule has 0 radical (unpaired) electrons. The first-order chi connectivity index (χ1) is 25.7. The van der Waals surface area contributed by atoms with Gasteiger partial charge in [0.05, 0.1) is 11.0 Å². The molecule has 1 aliphatic rings. The van der Waals surface area contributed by atoms with Crippen molar-refractivity contribution < 1.29 is 0 Å². The van der Waals surface area contributed by atoms with Crippen LogP contribution in [0.15, 0.2) is 211 Å². The van der Waals surface area contributed by atoms with Gasteiger partial charge in [0.15, 0.2) is 16.1 Å². The minimum absolute atomic E-state index is 1.11. The van der Waals surface area contributed by atoms with Crippen LogP contribution < -0.4 is 41.5 Å². The molecule has 0 saturated heterocycles. The molecular weight excluding hydrogens is 727 g/mol. The molecule has 8 aromatic carbocycles. The lowest BCUT2D eigenvalue weighted by atomic mass is 10.2. The predicted octanol–water partition coefficient (Wildman–Crippen LogP) is 6.61. The SMILES string of the molecule is Brc1cccc([Si]2(c3ccccc3)c3ccccc3[Si](c3ccccc3)(c3cccc(-n4c5ccccc5c5ccccc54)c3)c3ccccc32)c1. The standard InChI is InChI=1S/C48H34BrNSi2/c49-35-17-15-23-39(33-35)51(37-19-3-1-4-20-37)45-29-11-13-31-47(45)52(38-21-5-2-6-22-38,48-32-14-12-30-46(48)51)40-24-16-18-36(34-40)50-43-27-9-7-25-41(43)42-26-8-10-28-44(42)50/h1-34H. The fraction of sp³-hybridized carbons (Fsp3) is 0. The molecule has 1 nitrogen and oxygen atoms in total. The Balaban J connectivity index is 1.36. The van der Waals surface area contributed by atoms with Crippen LogP contribution in [0.4, 0.5) is 0 Å². The fourth-order valence-corrected chi connectivity index (χ4v) is 22.1. The molecule has 0 unspecified atom stereocenters. The molecular formula is C48H34BrNSi2. The number of nitrogens with zero attached hydrogens (tertiary/aromatic N) is 1. The van der Waals surface area contributed by atoms with Crippen LogP contribution in [0.2, 0.25) is 0 Å². The van der Waals surface area contributed by atoms with Crippen molar-refractivity contribution in [3.63, 3.8) is 0 Å². The third-order valence-electron chi connectivity index (χ3n) is 11.3. The number of fused-ring (bicyclic) bond motifs is 5. The monoisotopic (exact) mass is 759 g/mol. The van der Waals surface area contributed by atoms with E-state index in [2.05, 4.69) is 227 Å². The van der Waals surface area contributed by atoms with Gasteiger partial charge in [0.1, 0.15) is 0 Å². The van der Waals surface area contributed by atoms with Crippen LogP contribution in [0, 0.1) is 0 Å². The molecule has 0 bridgehead atoms. The molecule has 0 N–H and O–H groups in total. The summed E-state index contributed by atoms with van der Waals surface area (Å²) in [7, 11) is -5.72. The number of hydrogen-bond donors (Lipinski definition) is 0. The van der Waals surface area contributed by atoms with Gasteiger partial charge in [0.2, 0.25) is 0 Å². The molecule has 2 heterocycles. The van der Waals surface area contributed by atoms with E-state index in [0.717, 1.165) is 4.47 Å². The lowest BCUT2D eigenvalue weighted by Gasteiger charge is -2.48. The lowest BCUT2D eigenvalue weighted by molar-refractivity contribution is 1.18. The highest BCUT2D eigenvalue weighted by Gasteiger charge is 2.56. The Morgan fingerprint density at radius 3 is 1.19 bits per heavy atom. The number of para-hydroxylation sites is 2. The summed E-state index contributed by atoms with van der Waals surface area (Å²) in [5.41, 5.74) is 3.65. The Kier molecular flexibility index (Phi) is 7.39. The van der Waals surface area contributed by atoms with Crippen molar-refractivity contribution in [3.8, 4) is 5.69 Å². The summed E-state index contributed by atoms with van der Waals surface area (Å²) >= 11 is 3.89. The number of halogens is 1. The minimum atomic E-state index is -2.91. The van der Waals surface area contributed by atoms with E-state index in [-0.39, 0.29) is 0 Å². The van der Waals surface area contributed by atoms with Crippen molar-refractivity contribution in [2.75, 3.05) is 0 Å². The molecule has 0 atom stereocenters. The Bertz CT molecular complexity index is 2670. The smallest absolute Gasteiger partial charge is 0.179 e. The first-order valence-corrected chi connectivity index (χ1v) is 22.7. The normalized spacial score (nSPS) is 17.9. The molecule has 0 saturated carbocycles. The van der Waals surface area contributed by atoms with Crippen LogP contribution in [0.5, 0.6) is 0 Å². The third-order valence-corrected chi connectivity index (χ3v) is 22.0. The van der Waals surface area contributed by atoms with Gasteiger partial charge in [0.25, 0.3) is 0 Å². The van der Waals surface area contributed by atoms with Crippen LogP contribution in [-0.2, 0) is 0 Å². The van der Waals surface area contributed by atoms with Crippen molar-refractivity contribution in [1.29, 1.82) is 0 Å². The molecule has 0 spiro atoms. The van der Waals surface area contributed by atoms with Crippen molar-refractivity contribution in [1.82, 2.24) is 4.57 Å². The average molecular weight is 761 g/mol. The quantitative estimate of drug-likeness (QED) is 0.174. The van der Waals surface area contributed by atoms with E-state index < -0.39 is 16.1 Å². The van der Waals surface area contributed by atoms with Crippen molar-refractivity contribution >= 4 is 95.4 Å². The lowest BCUT2D eigenvalue weighted by Crippen LogP contribution is -2.93. The molecule has 246 valence electrons. The maximum atomic E-state index is 3.89. The summed E-state index contributed by atoms with van der Waals surface area (Å²) in [6.07, 6.45) is 0. The highest BCUT2D eigenvalue weighted by Crippen LogP contribution is 2.32. The molecule has 4 heteroatoms. The maximum absolute atomic E-state index is 3.89. The van der Waals surface area contributed by atoms with Gasteiger partial charge in [-0.3, -0.25) is 0 Å². The maximum Gasteiger partial charge on any atom is 0.179 e. The van der Waals surface area contributed by atoms with Gasteiger partial charge in [-0.05, 0) is 77.9 Å². The van der Waals surface area contributed by atoms with Crippen molar-refractivity contribution in [3.05, 3.63) is 211 Å². The van der Waals surface area contributed by atoms with E-state index in [1.165, 1.54) is 69.0 Å². The number of aromatic nitrogens is 1. The highest BCUT2D eigenvalue weighted by atomic mass is 79.9. The highest BCUT2D eigenvalue weighted by molar-refractivity contribution is 9.10. The van der Waals surface area contributed by atoms with Gasteiger partial charge in [-0.1, -0.05) is 186 Å². The fourth-order valence-electron chi connectivity index (χ4n) is 9.32. The topological polar surface area (TPSA) is 4.93 Å². The zero-order chi connectivity index (χ0) is 34.7. The van der Waals surface area contributed by atoms with Gasteiger partial charge in [0, 0.05) is 20.9 Å². The second-order valence-electron chi connectivity index (χ2n) is 13.8. The molecule has 0 fully saturated rings. The summed E-state index contributed by atoms with van der Waals surface area (Å²) in [6.45, 7) is 0. The molecule has 10 rings (SSSR count). The van der Waals surface area contributed by atoms with Gasteiger partial charge in [-0.25, -0.2) is 0 Å². The average Bonchev–Trinajstić information content (AvgIpc) is 3.55. The molecule has 1 aliphatic heterocycles. The van der Waals surface area contributed by atoms with Crippen molar-refractivity contribution in [2.24, 2.45) is 0 Å². The molecule has 1 aromatic heterocycles. The summed E-state index contributed by atoms with van der Waals surface area (Å²) in [6, 6.07) is 78.0. The molecule has 52 heavy (non-hydrogen) atoms. The van der Waals surface area contributed by atoms with E-state index in [0.29, 0.717) is 0 Å². The van der Waals surface area contributed by atoms with E-state index >= 15 is 0 Å². The van der Waals surface area contributed by atoms with Gasteiger partial charge >= 0.3 is 0 Å².